The van der Waals surface area contributed by atoms with Gasteiger partial charge >= 0.3 is 0 Å². The molecule has 0 heterocycles. The molecule has 2 rings (SSSR count). The Kier molecular flexibility index (Phi) is 8.84. The second kappa shape index (κ2) is 11.4. The van der Waals surface area contributed by atoms with Crippen molar-refractivity contribution in [3.63, 3.8) is 0 Å². The van der Waals surface area contributed by atoms with Gasteiger partial charge < -0.3 is 4.74 Å². The van der Waals surface area contributed by atoms with Crippen LogP contribution in [0.25, 0.3) is 0 Å². The predicted octanol–water partition coefficient (Wildman–Crippen LogP) is 4.87. The molecule has 2 N–H and O–H groups in total. The van der Waals surface area contributed by atoms with Crippen molar-refractivity contribution in [2.24, 2.45) is 0 Å². The molecule has 0 spiro atoms. The second-order valence-electron chi connectivity index (χ2n) is 6.18. The summed E-state index contributed by atoms with van der Waals surface area (Å²) in [5.41, 5.74) is 5.71. The lowest BCUT2D eigenvalue weighted by Crippen LogP contribution is -2.41. The van der Waals surface area contributed by atoms with E-state index in [2.05, 4.69) is 33.7 Å². The molecule has 0 saturated carbocycles. The number of benzene rings is 2. The van der Waals surface area contributed by atoms with Crippen molar-refractivity contribution in [1.82, 2.24) is 10.9 Å². The Hall–Kier alpha value is -2.34. The third-order valence-electron chi connectivity index (χ3n) is 4.04. The fourth-order valence-electron chi connectivity index (χ4n) is 2.50. The van der Waals surface area contributed by atoms with Crippen molar-refractivity contribution < 1.29 is 14.3 Å². The van der Waals surface area contributed by atoms with Crippen LogP contribution in [0.4, 0.5) is 0 Å². The minimum absolute atomic E-state index is 0.387. The summed E-state index contributed by atoms with van der Waals surface area (Å²) in [6.45, 7) is 2.87. The zero-order chi connectivity index (χ0) is 19.5. The van der Waals surface area contributed by atoms with Crippen LogP contribution >= 0.6 is 15.9 Å². The molecular weight excluding hydrogens is 408 g/mol. The first-order chi connectivity index (χ1) is 13.1. The first-order valence-corrected chi connectivity index (χ1v) is 9.99. The molecule has 2 aromatic carbocycles. The third-order valence-corrected chi connectivity index (χ3v) is 4.73. The largest absolute Gasteiger partial charge is 0.494 e. The highest BCUT2D eigenvalue weighted by Crippen LogP contribution is 2.15. The lowest BCUT2D eigenvalue weighted by molar-refractivity contribution is 0.0846. The molecule has 144 valence electrons. The van der Waals surface area contributed by atoms with Gasteiger partial charge in [-0.2, -0.15) is 0 Å². The normalized spacial score (nSPS) is 10.3. The van der Waals surface area contributed by atoms with Gasteiger partial charge in [0.1, 0.15) is 5.75 Å². The lowest BCUT2D eigenvalue weighted by Gasteiger charge is -2.09. The van der Waals surface area contributed by atoms with Crippen molar-refractivity contribution in [3.05, 3.63) is 64.1 Å². The number of carbonyl (C=O) groups is 2. The number of hydrazine groups is 1. The van der Waals surface area contributed by atoms with Crippen molar-refractivity contribution in [2.75, 3.05) is 6.61 Å². The number of rotatable bonds is 9. The van der Waals surface area contributed by atoms with E-state index in [4.69, 9.17) is 4.74 Å². The number of nitrogens with one attached hydrogen (secondary N) is 2. The maximum atomic E-state index is 12.2. The molecule has 0 atom stereocenters. The van der Waals surface area contributed by atoms with E-state index >= 15 is 0 Å². The number of ether oxygens (including phenoxy) is 1. The molecule has 0 aliphatic carbocycles. The summed E-state index contributed by atoms with van der Waals surface area (Å²) in [6, 6.07) is 13.9. The molecule has 0 aromatic heterocycles. The topological polar surface area (TPSA) is 67.4 Å². The maximum Gasteiger partial charge on any atom is 0.270 e. The Labute approximate surface area is 168 Å². The quantitative estimate of drug-likeness (QED) is 0.438. The molecule has 0 aliphatic heterocycles. The highest BCUT2D eigenvalue weighted by Gasteiger charge is 2.11. The van der Waals surface area contributed by atoms with Crippen LogP contribution in [0.1, 0.15) is 59.7 Å². The molecule has 0 unspecified atom stereocenters. The van der Waals surface area contributed by atoms with Gasteiger partial charge in [0.15, 0.2) is 0 Å². The van der Waals surface area contributed by atoms with Gasteiger partial charge in [-0.1, -0.05) is 44.7 Å². The monoisotopic (exact) mass is 432 g/mol. The Morgan fingerprint density at radius 3 is 2.26 bits per heavy atom. The number of unbranched alkanes of at least 4 members (excludes halogenated alkanes) is 4. The molecular formula is C21H25BrN2O3. The second-order valence-corrected chi connectivity index (χ2v) is 7.03. The SMILES string of the molecule is CCCCCCCOc1ccc(C(=O)NNC(=O)c2ccccc2Br)cc1. The van der Waals surface area contributed by atoms with Gasteiger partial charge in [0, 0.05) is 10.0 Å². The van der Waals surface area contributed by atoms with Gasteiger partial charge in [-0.3, -0.25) is 20.4 Å². The van der Waals surface area contributed by atoms with Crippen LogP contribution in [0.5, 0.6) is 5.75 Å². The summed E-state index contributed by atoms with van der Waals surface area (Å²) in [4.78, 5) is 24.3. The molecule has 2 amide bonds. The minimum atomic E-state index is -0.390. The van der Waals surface area contributed by atoms with Crippen LogP contribution in [-0.4, -0.2) is 18.4 Å². The van der Waals surface area contributed by atoms with Gasteiger partial charge in [-0.05, 0) is 58.7 Å². The van der Waals surface area contributed by atoms with Crippen LogP contribution in [0, 0.1) is 0 Å². The van der Waals surface area contributed by atoms with Crippen molar-refractivity contribution in [1.29, 1.82) is 0 Å². The zero-order valence-corrected chi connectivity index (χ0v) is 17.1. The molecule has 0 bridgehead atoms. The Morgan fingerprint density at radius 2 is 1.56 bits per heavy atom. The van der Waals surface area contributed by atoms with Crippen LogP contribution in [0.2, 0.25) is 0 Å². The summed E-state index contributed by atoms with van der Waals surface area (Å²) >= 11 is 3.31. The zero-order valence-electron chi connectivity index (χ0n) is 15.5. The van der Waals surface area contributed by atoms with Gasteiger partial charge in [-0.15, -0.1) is 0 Å². The molecule has 5 nitrogen and oxygen atoms in total. The van der Waals surface area contributed by atoms with E-state index in [0.29, 0.717) is 22.2 Å². The average molecular weight is 433 g/mol. The Balaban J connectivity index is 1.76. The molecule has 6 heteroatoms. The fourth-order valence-corrected chi connectivity index (χ4v) is 2.96. The highest BCUT2D eigenvalue weighted by molar-refractivity contribution is 9.10. The summed E-state index contributed by atoms with van der Waals surface area (Å²) in [6.07, 6.45) is 5.94. The number of carbonyl (C=O) groups excluding carboxylic acids is 2. The van der Waals surface area contributed by atoms with Gasteiger partial charge in [-0.25, -0.2) is 0 Å². The first kappa shape index (κ1) is 21.0. The van der Waals surface area contributed by atoms with Crippen molar-refractivity contribution >= 4 is 27.7 Å². The molecule has 0 saturated heterocycles. The van der Waals surface area contributed by atoms with E-state index in [1.165, 1.54) is 25.7 Å². The first-order valence-electron chi connectivity index (χ1n) is 9.20. The standard InChI is InChI=1S/C21H25BrN2O3/c1-2-3-4-5-8-15-27-17-13-11-16(12-14-17)20(25)23-24-21(26)18-9-6-7-10-19(18)22/h6-7,9-14H,2-5,8,15H2,1H3,(H,23,25)(H,24,26). The number of halogens is 1. The summed E-state index contributed by atoms with van der Waals surface area (Å²) < 4.78 is 6.34. The maximum absolute atomic E-state index is 12.2. The molecule has 27 heavy (non-hydrogen) atoms. The highest BCUT2D eigenvalue weighted by atomic mass is 79.9. The Morgan fingerprint density at radius 1 is 0.889 bits per heavy atom. The summed E-state index contributed by atoms with van der Waals surface area (Å²) in [5.74, 6) is -0.0420. The van der Waals surface area contributed by atoms with Gasteiger partial charge in [0.25, 0.3) is 11.8 Å². The van der Waals surface area contributed by atoms with Crippen LogP contribution in [-0.2, 0) is 0 Å². The van der Waals surface area contributed by atoms with Crippen LogP contribution < -0.4 is 15.6 Å². The van der Waals surface area contributed by atoms with E-state index in [1.54, 1.807) is 42.5 Å². The Bertz CT molecular complexity index is 747. The minimum Gasteiger partial charge on any atom is -0.494 e. The molecule has 0 fully saturated rings. The van der Waals surface area contributed by atoms with E-state index in [-0.39, 0.29) is 11.8 Å². The smallest absolute Gasteiger partial charge is 0.270 e. The van der Waals surface area contributed by atoms with Crippen LogP contribution in [0.3, 0.4) is 0 Å². The van der Waals surface area contributed by atoms with Gasteiger partial charge in [0.05, 0.1) is 12.2 Å². The molecule has 0 radical (unpaired) electrons. The predicted molar refractivity (Wildman–Crippen MR) is 110 cm³/mol. The number of hydrogen-bond acceptors (Lipinski definition) is 3. The molecule has 2 aromatic rings. The van der Waals surface area contributed by atoms with E-state index in [0.717, 1.165) is 12.2 Å². The number of hydrogen-bond donors (Lipinski definition) is 2. The van der Waals surface area contributed by atoms with E-state index in [9.17, 15) is 9.59 Å². The third kappa shape index (κ3) is 7.06. The van der Waals surface area contributed by atoms with Gasteiger partial charge in [0.2, 0.25) is 0 Å². The van der Waals surface area contributed by atoms with E-state index in [1.807, 2.05) is 6.07 Å². The number of amides is 2. The van der Waals surface area contributed by atoms with Crippen molar-refractivity contribution in [2.45, 2.75) is 39.0 Å². The fraction of sp³-hybridized carbons (Fsp3) is 0.333. The van der Waals surface area contributed by atoms with Crippen LogP contribution in [0.15, 0.2) is 53.0 Å². The lowest BCUT2D eigenvalue weighted by atomic mass is 10.2. The summed E-state index contributed by atoms with van der Waals surface area (Å²) in [5, 5.41) is 0. The van der Waals surface area contributed by atoms with E-state index < -0.39 is 0 Å². The van der Waals surface area contributed by atoms with Crippen molar-refractivity contribution in [3.8, 4) is 5.75 Å². The summed E-state index contributed by atoms with van der Waals surface area (Å²) in [7, 11) is 0. The molecule has 0 aliphatic rings. The average Bonchev–Trinajstić information content (AvgIpc) is 2.69.